The zero-order valence-electron chi connectivity index (χ0n) is 15.7. The molecule has 0 saturated heterocycles. The normalized spacial score (nSPS) is 42.6. The molecule has 0 bridgehead atoms. The van der Waals surface area contributed by atoms with Gasteiger partial charge < -0.3 is 0 Å². The Balaban J connectivity index is 1.77. The van der Waals surface area contributed by atoms with E-state index in [2.05, 4.69) is 31.2 Å². The van der Waals surface area contributed by atoms with Crippen LogP contribution in [0.3, 0.4) is 0 Å². The molecule has 4 rings (SSSR count). The van der Waals surface area contributed by atoms with E-state index in [9.17, 15) is 14.9 Å². The van der Waals surface area contributed by atoms with E-state index in [1.165, 1.54) is 11.1 Å². The maximum atomic E-state index is 11.9. The molecule has 5 atom stereocenters. The van der Waals surface area contributed by atoms with Crippen molar-refractivity contribution >= 4 is 17.4 Å². The Morgan fingerprint density at radius 2 is 2.07 bits per heavy atom. The number of fused-ring (bicyclic) bond motifs is 5. The summed E-state index contributed by atoms with van der Waals surface area (Å²) >= 11 is 5.69. The number of allylic oxidation sites excluding steroid dienone is 4. The number of hydrogen-bond acceptors (Lipinski definition) is 4. The molecule has 0 N–H and O–H groups in total. The molecule has 5 nitrogen and oxygen atoms in total. The van der Waals surface area contributed by atoms with Crippen LogP contribution in [0.4, 0.5) is 0 Å². The van der Waals surface area contributed by atoms with Gasteiger partial charge in [0.25, 0.3) is 5.09 Å². The SMILES string of the molecule is C[C@]12CCC(=O)C=C1CC[C@@H]1C2=CC[C@@]2(C)[C@H]1CC[C@]2(C#CCl)O[N+](=O)[O-]. The van der Waals surface area contributed by atoms with E-state index in [4.69, 9.17) is 16.4 Å². The van der Waals surface area contributed by atoms with Gasteiger partial charge in [-0.3, -0.25) is 9.63 Å². The summed E-state index contributed by atoms with van der Waals surface area (Å²) in [6.45, 7) is 4.33. The quantitative estimate of drug-likeness (QED) is 0.300. The van der Waals surface area contributed by atoms with E-state index in [0.717, 1.165) is 25.7 Å². The molecular weight excluding hydrogens is 366 g/mol. The molecular formula is C21H24ClNO4. The molecule has 0 unspecified atom stereocenters. The van der Waals surface area contributed by atoms with Gasteiger partial charge in [0.1, 0.15) is 0 Å². The van der Waals surface area contributed by atoms with E-state index >= 15 is 0 Å². The predicted octanol–water partition coefficient (Wildman–Crippen LogP) is 4.59. The number of ketones is 1. The molecule has 0 spiro atoms. The van der Waals surface area contributed by atoms with E-state index in [-0.39, 0.29) is 17.1 Å². The minimum atomic E-state index is -1.15. The predicted molar refractivity (Wildman–Crippen MR) is 101 cm³/mol. The van der Waals surface area contributed by atoms with Crippen molar-refractivity contribution in [3.8, 4) is 11.3 Å². The standard InChI is InChI=1S/C21H24ClNO4/c1-19-8-5-15(24)13-14(19)3-4-16-17(19)6-9-20(2)18(16)7-10-21(20,11-12-22)27-23(25)26/h6,13,16,18H,3-5,7-10H2,1-2H3/t16-,18+,19+,20+,21-/m1/s1. The second kappa shape index (κ2) is 6.10. The highest BCUT2D eigenvalue weighted by Crippen LogP contribution is 2.66. The minimum absolute atomic E-state index is 0.0501. The molecule has 0 aliphatic heterocycles. The summed E-state index contributed by atoms with van der Waals surface area (Å²) in [4.78, 5) is 28.3. The van der Waals surface area contributed by atoms with Crippen molar-refractivity contribution in [3.63, 3.8) is 0 Å². The summed E-state index contributed by atoms with van der Waals surface area (Å²) < 4.78 is 0. The first kappa shape index (κ1) is 18.6. The average Bonchev–Trinajstić information content (AvgIpc) is 2.88. The van der Waals surface area contributed by atoms with Gasteiger partial charge >= 0.3 is 0 Å². The fourth-order valence-electron chi connectivity index (χ4n) is 6.43. The van der Waals surface area contributed by atoms with Crippen molar-refractivity contribution in [1.82, 2.24) is 0 Å². The van der Waals surface area contributed by atoms with Crippen LogP contribution in [0, 0.1) is 44.1 Å². The van der Waals surface area contributed by atoms with Gasteiger partial charge in [-0.25, -0.2) is 0 Å². The first-order valence-electron chi connectivity index (χ1n) is 9.66. The lowest BCUT2D eigenvalue weighted by molar-refractivity contribution is -0.780. The van der Waals surface area contributed by atoms with Gasteiger partial charge in [0, 0.05) is 22.6 Å². The summed E-state index contributed by atoms with van der Waals surface area (Å²) in [7, 11) is 0. The molecule has 0 radical (unpaired) electrons. The zero-order valence-corrected chi connectivity index (χ0v) is 16.5. The number of hydrogen-bond donors (Lipinski definition) is 0. The smallest absolute Gasteiger partial charge is 0.295 e. The molecule has 4 aliphatic rings. The van der Waals surface area contributed by atoms with Gasteiger partial charge in [-0.15, -0.1) is 10.1 Å². The number of nitrogens with zero attached hydrogens (tertiary/aromatic N) is 1. The Morgan fingerprint density at radius 1 is 1.30 bits per heavy atom. The monoisotopic (exact) mass is 389 g/mol. The van der Waals surface area contributed by atoms with Crippen LogP contribution in [0.5, 0.6) is 0 Å². The van der Waals surface area contributed by atoms with Gasteiger partial charge in [0.05, 0.1) is 0 Å². The highest BCUT2D eigenvalue weighted by Gasteiger charge is 2.64. The molecule has 27 heavy (non-hydrogen) atoms. The van der Waals surface area contributed by atoms with Gasteiger partial charge in [0.2, 0.25) is 0 Å². The molecule has 144 valence electrons. The highest BCUT2D eigenvalue weighted by atomic mass is 35.5. The number of carbonyl (C=O) groups is 1. The Hall–Kier alpha value is -1.80. The third kappa shape index (κ3) is 2.49. The minimum Gasteiger partial charge on any atom is -0.295 e. The second-order valence-electron chi connectivity index (χ2n) is 8.90. The van der Waals surface area contributed by atoms with Crippen molar-refractivity contribution in [2.24, 2.45) is 22.7 Å². The van der Waals surface area contributed by atoms with Crippen molar-refractivity contribution in [2.45, 2.75) is 64.4 Å². The summed E-state index contributed by atoms with van der Waals surface area (Å²) in [5.74, 6) is 3.72. The summed E-state index contributed by atoms with van der Waals surface area (Å²) in [5, 5.41) is 12.9. The molecule has 4 aliphatic carbocycles. The summed E-state index contributed by atoms with van der Waals surface area (Å²) in [6, 6.07) is 0. The zero-order chi connectivity index (χ0) is 19.4. The highest BCUT2D eigenvalue weighted by molar-refractivity contribution is 6.30. The Labute approximate surface area is 164 Å². The third-order valence-corrected chi connectivity index (χ3v) is 8.03. The lowest BCUT2D eigenvalue weighted by Crippen LogP contribution is -2.52. The molecule has 6 heteroatoms. The molecule has 0 aromatic rings. The van der Waals surface area contributed by atoms with Crippen LogP contribution in [0.15, 0.2) is 23.3 Å². The number of halogens is 1. The summed E-state index contributed by atoms with van der Waals surface area (Å²) in [5.41, 5.74) is 1.04. The number of carbonyl (C=O) groups excluding carboxylic acids is 1. The Kier molecular flexibility index (Phi) is 4.19. The molecule has 0 amide bonds. The van der Waals surface area contributed by atoms with Crippen LogP contribution in [0.1, 0.15) is 58.8 Å². The van der Waals surface area contributed by atoms with Crippen LogP contribution in [0.25, 0.3) is 0 Å². The molecule has 2 saturated carbocycles. The van der Waals surface area contributed by atoms with Crippen LogP contribution in [-0.4, -0.2) is 16.5 Å². The van der Waals surface area contributed by atoms with Crippen LogP contribution >= 0.6 is 11.6 Å². The van der Waals surface area contributed by atoms with Gasteiger partial charge in [-0.2, -0.15) is 0 Å². The molecule has 0 aromatic carbocycles. The molecule has 2 fully saturated rings. The van der Waals surface area contributed by atoms with Gasteiger partial charge in [-0.1, -0.05) is 37.0 Å². The average molecular weight is 390 g/mol. The number of rotatable bonds is 2. The van der Waals surface area contributed by atoms with Gasteiger partial charge in [-0.05, 0) is 68.0 Å². The van der Waals surface area contributed by atoms with Crippen LogP contribution in [0.2, 0.25) is 0 Å². The van der Waals surface area contributed by atoms with E-state index in [1.807, 2.05) is 6.08 Å². The topological polar surface area (TPSA) is 69.4 Å². The lowest BCUT2D eigenvalue weighted by atomic mass is 9.51. The van der Waals surface area contributed by atoms with Crippen LogP contribution in [-0.2, 0) is 9.63 Å². The lowest BCUT2D eigenvalue weighted by Gasteiger charge is -2.54. The van der Waals surface area contributed by atoms with Crippen molar-refractivity contribution < 1.29 is 14.7 Å². The van der Waals surface area contributed by atoms with E-state index in [1.54, 1.807) is 0 Å². The first-order valence-corrected chi connectivity index (χ1v) is 10.0. The van der Waals surface area contributed by atoms with E-state index < -0.39 is 16.1 Å². The Bertz CT molecular complexity index is 837. The fraction of sp³-hybridized carbons (Fsp3) is 0.667. The third-order valence-electron chi connectivity index (χ3n) is 7.94. The fourth-order valence-corrected chi connectivity index (χ4v) is 6.59. The first-order chi connectivity index (χ1) is 12.8. The van der Waals surface area contributed by atoms with E-state index in [0.29, 0.717) is 25.2 Å². The van der Waals surface area contributed by atoms with Crippen molar-refractivity contribution in [1.29, 1.82) is 0 Å². The molecule has 0 heterocycles. The molecule has 0 aromatic heterocycles. The second-order valence-corrected chi connectivity index (χ2v) is 9.09. The summed E-state index contributed by atoms with van der Waals surface area (Å²) in [6.07, 6.45) is 9.52. The Morgan fingerprint density at radius 3 is 2.78 bits per heavy atom. The largest absolute Gasteiger partial charge is 0.296 e. The van der Waals surface area contributed by atoms with Gasteiger partial charge in [0.15, 0.2) is 11.4 Å². The van der Waals surface area contributed by atoms with Crippen LogP contribution < -0.4 is 0 Å². The van der Waals surface area contributed by atoms with Crippen molar-refractivity contribution in [3.05, 3.63) is 33.4 Å². The van der Waals surface area contributed by atoms with Crippen molar-refractivity contribution in [2.75, 3.05) is 0 Å². The maximum absolute atomic E-state index is 11.9. The maximum Gasteiger partial charge on any atom is 0.296 e.